The van der Waals surface area contributed by atoms with Crippen LogP contribution >= 0.6 is 0 Å². The molecule has 0 aromatic carbocycles. The van der Waals surface area contributed by atoms with Gasteiger partial charge < -0.3 is 24.8 Å². The Morgan fingerprint density at radius 1 is 1.28 bits per heavy atom. The first-order valence-corrected chi connectivity index (χ1v) is 8.60. The minimum atomic E-state index is -1.01. The van der Waals surface area contributed by atoms with Gasteiger partial charge >= 0.3 is 12.1 Å². The molecule has 0 saturated carbocycles. The molecule has 0 aromatic rings. The molecular formula is C17H28N2O6. The number of rotatable bonds is 4. The lowest BCUT2D eigenvalue weighted by Gasteiger charge is -2.34. The molecule has 2 amide bonds. The van der Waals surface area contributed by atoms with Crippen LogP contribution in [-0.2, 0) is 19.1 Å². The van der Waals surface area contributed by atoms with Crippen LogP contribution in [0.1, 0.15) is 33.6 Å². The van der Waals surface area contributed by atoms with Gasteiger partial charge in [-0.15, -0.1) is 0 Å². The molecule has 8 heteroatoms. The smallest absolute Gasteiger partial charge is 0.407 e. The summed E-state index contributed by atoms with van der Waals surface area (Å²) in [5.41, 5.74) is -0.580. The molecular weight excluding hydrogens is 328 g/mol. The zero-order valence-corrected chi connectivity index (χ0v) is 15.3. The summed E-state index contributed by atoms with van der Waals surface area (Å²) in [7, 11) is 1.23. The number of hydrogen-bond acceptors (Lipinski definition) is 5. The lowest BCUT2D eigenvalue weighted by molar-refractivity contribution is -0.150. The molecule has 0 radical (unpaired) electrons. The molecule has 0 bridgehead atoms. The van der Waals surface area contributed by atoms with Crippen LogP contribution in [-0.4, -0.2) is 66.9 Å². The average molecular weight is 356 g/mol. The van der Waals surface area contributed by atoms with Crippen LogP contribution in [0.25, 0.3) is 0 Å². The van der Waals surface area contributed by atoms with Crippen molar-refractivity contribution >= 4 is 18.0 Å². The van der Waals surface area contributed by atoms with Gasteiger partial charge in [0.05, 0.1) is 7.11 Å². The molecule has 2 rings (SSSR count). The molecule has 25 heavy (non-hydrogen) atoms. The Kier molecular flexibility index (Phi) is 5.92. The molecule has 0 aliphatic carbocycles. The standard InChI is InChI=1S/C17H28N2O6/c1-17(2,3)13(18-16(23)24-4)14(20)19-8-11(7-12(19)15(21)22)10-5-6-25-9-10/h10-13H,5-9H2,1-4H3,(H,18,23)(H,21,22)/t10?,11?,12-,13+/m0/s1. The fraction of sp³-hybridized carbons (Fsp3) is 0.824. The summed E-state index contributed by atoms with van der Waals surface area (Å²) in [6.07, 6.45) is 0.604. The van der Waals surface area contributed by atoms with Crippen LogP contribution < -0.4 is 5.32 Å². The Bertz CT molecular complexity index is 524. The normalized spacial score (nSPS) is 27.8. The number of carboxylic acid groups (broad SMARTS) is 1. The van der Waals surface area contributed by atoms with Crippen LogP contribution in [0, 0.1) is 17.3 Å². The molecule has 2 unspecified atom stereocenters. The summed E-state index contributed by atoms with van der Waals surface area (Å²) < 4.78 is 10.0. The third-order valence-corrected chi connectivity index (χ3v) is 5.09. The molecule has 2 aliphatic rings. The Morgan fingerprint density at radius 3 is 2.44 bits per heavy atom. The van der Waals surface area contributed by atoms with Gasteiger partial charge in [-0.3, -0.25) is 4.79 Å². The van der Waals surface area contributed by atoms with Gasteiger partial charge in [-0.2, -0.15) is 0 Å². The predicted octanol–water partition coefficient (Wildman–Crippen LogP) is 1.10. The molecule has 0 spiro atoms. The maximum atomic E-state index is 13.1. The summed E-state index contributed by atoms with van der Waals surface area (Å²) >= 11 is 0. The van der Waals surface area contributed by atoms with Gasteiger partial charge in [0.2, 0.25) is 5.91 Å². The number of alkyl carbamates (subject to hydrolysis) is 1. The molecule has 2 heterocycles. The van der Waals surface area contributed by atoms with E-state index in [2.05, 4.69) is 10.1 Å². The summed E-state index contributed by atoms with van der Waals surface area (Å²) in [5.74, 6) is -1.01. The third kappa shape index (κ3) is 4.42. The maximum absolute atomic E-state index is 13.1. The molecule has 0 aromatic heterocycles. The quantitative estimate of drug-likeness (QED) is 0.781. The van der Waals surface area contributed by atoms with Gasteiger partial charge in [-0.05, 0) is 30.1 Å². The van der Waals surface area contributed by atoms with E-state index in [0.717, 1.165) is 6.42 Å². The number of amides is 2. The van der Waals surface area contributed by atoms with E-state index in [-0.39, 0.29) is 17.7 Å². The first kappa shape index (κ1) is 19.5. The van der Waals surface area contributed by atoms with E-state index in [1.54, 1.807) is 0 Å². The van der Waals surface area contributed by atoms with Crippen molar-refractivity contribution in [3.05, 3.63) is 0 Å². The Morgan fingerprint density at radius 2 is 1.96 bits per heavy atom. The fourth-order valence-electron chi connectivity index (χ4n) is 3.60. The summed E-state index contributed by atoms with van der Waals surface area (Å²) in [4.78, 5) is 37.8. The monoisotopic (exact) mass is 356 g/mol. The number of aliphatic carboxylic acids is 1. The number of nitrogens with one attached hydrogen (secondary N) is 1. The third-order valence-electron chi connectivity index (χ3n) is 5.09. The van der Waals surface area contributed by atoms with Gasteiger partial charge in [0, 0.05) is 19.8 Å². The van der Waals surface area contributed by atoms with Crippen LogP contribution in [0.4, 0.5) is 4.79 Å². The summed E-state index contributed by atoms with van der Waals surface area (Å²) in [6.45, 7) is 7.13. The zero-order valence-electron chi connectivity index (χ0n) is 15.3. The molecule has 2 fully saturated rings. The highest BCUT2D eigenvalue weighted by Gasteiger charge is 2.47. The van der Waals surface area contributed by atoms with Crippen LogP contribution in [0.15, 0.2) is 0 Å². The van der Waals surface area contributed by atoms with E-state index in [4.69, 9.17) is 4.74 Å². The van der Waals surface area contributed by atoms with Crippen molar-refractivity contribution in [2.24, 2.45) is 17.3 Å². The van der Waals surface area contributed by atoms with Crippen molar-refractivity contribution in [2.75, 3.05) is 26.9 Å². The molecule has 2 aliphatic heterocycles. The first-order chi connectivity index (χ1) is 11.6. The van der Waals surface area contributed by atoms with Crippen LogP contribution in [0.5, 0.6) is 0 Å². The van der Waals surface area contributed by atoms with Gasteiger partial charge in [-0.25, -0.2) is 9.59 Å². The molecule has 8 nitrogen and oxygen atoms in total. The largest absolute Gasteiger partial charge is 0.480 e. The number of nitrogens with zero attached hydrogens (tertiary/aromatic N) is 1. The fourth-order valence-corrected chi connectivity index (χ4v) is 3.60. The van der Waals surface area contributed by atoms with Crippen molar-refractivity contribution in [3.8, 4) is 0 Å². The van der Waals surface area contributed by atoms with Crippen LogP contribution in [0.3, 0.4) is 0 Å². The highest BCUT2D eigenvalue weighted by molar-refractivity contribution is 5.90. The van der Waals surface area contributed by atoms with E-state index in [1.807, 2.05) is 20.8 Å². The average Bonchev–Trinajstić information content (AvgIpc) is 3.18. The van der Waals surface area contributed by atoms with Crippen molar-refractivity contribution in [1.29, 1.82) is 0 Å². The zero-order chi connectivity index (χ0) is 18.8. The number of methoxy groups -OCH3 is 1. The van der Waals surface area contributed by atoms with Crippen molar-refractivity contribution in [3.63, 3.8) is 0 Å². The van der Waals surface area contributed by atoms with Gasteiger partial charge in [0.15, 0.2) is 0 Å². The van der Waals surface area contributed by atoms with E-state index in [0.29, 0.717) is 26.2 Å². The van der Waals surface area contributed by atoms with E-state index in [1.165, 1.54) is 12.0 Å². The molecule has 142 valence electrons. The Labute approximate surface area is 147 Å². The topological polar surface area (TPSA) is 105 Å². The number of carboxylic acids is 1. The second kappa shape index (κ2) is 7.59. The first-order valence-electron chi connectivity index (χ1n) is 8.60. The molecule has 2 saturated heterocycles. The molecule has 4 atom stereocenters. The van der Waals surface area contributed by atoms with Crippen molar-refractivity contribution in [2.45, 2.75) is 45.7 Å². The van der Waals surface area contributed by atoms with E-state index < -0.39 is 29.6 Å². The lowest BCUT2D eigenvalue weighted by Crippen LogP contribution is -2.56. The van der Waals surface area contributed by atoms with Crippen molar-refractivity contribution in [1.82, 2.24) is 10.2 Å². The highest BCUT2D eigenvalue weighted by Crippen LogP contribution is 2.35. The van der Waals surface area contributed by atoms with Gasteiger partial charge in [0.25, 0.3) is 0 Å². The number of hydrogen-bond donors (Lipinski definition) is 2. The van der Waals surface area contributed by atoms with Crippen molar-refractivity contribution < 1.29 is 29.0 Å². The maximum Gasteiger partial charge on any atom is 0.407 e. The number of carbonyl (C=O) groups is 3. The minimum Gasteiger partial charge on any atom is -0.480 e. The SMILES string of the molecule is COC(=O)N[C@H](C(=O)N1CC(C2CCOC2)C[C@H]1C(=O)O)C(C)(C)C. The summed E-state index contributed by atoms with van der Waals surface area (Å²) in [6, 6.07) is -1.73. The Balaban J connectivity index is 2.20. The lowest BCUT2D eigenvalue weighted by atomic mass is 9.85. The van der Waals surface area contributed by atoms with E-state index >= 15 is 0 Å². The minimum absolute atomic E-state index is 0.103. The second-order valence-corrected chi connectivity index (χ2v) is 7.90. The van der Waals surface area contributed by atoms with Crippen LogP contribution in [0.2, 0.25) is 0 Å². The Hall–Kier alpha value is -1.83. The second-order valence-electron chi connectivity index (χ2n) is 7.90. The number of carbonyl (C=O) groups excluding carboxylic acids is 2. The highest BCUT2D eigenvalue weighted by atomic mass is 16.5. The predicted molar refractivity (Wildman–Crippen MR) is 89.0 cm³/mol. The molecule has 2 N–H and O–H groups in total. The van der Waals surface area contributed by atoms with Gasteiger partial charge in [0.1, 0.15) is 12.1 Å². The number of likely N-dealkylation sites (tertiary alicyclic amines) is 1. The van der Waals surface area contributed by atoms with E-state index in [9.17, 15) is 19.5 Å². The summed E-state index contributed by atoms with van der Waals surface area (Å²) in [5, 5.41) is 12.1. The number of ether oxygens (including phenoxy) is 2. The van der Waals surface area contributed by atoms with Gasteiger partial charge in [-0.1, -0.05) is 20.8 Å².